The van der Waals surface area contributed by atoms with Crippen LogP contribution in [-0.4, -0.2) is 16.4 Å². The van der Waals surface area contributed by atoms with E-state index in [-0.39, 0.29) is 11.4 Å². The number of carbonyl (C=O) groups is 1. The summed E-state index contributed by atoms with van der Waals surface area (Å²) in [5, 5.41) is 3.18. The second-order valence-electron chi connectivity index (χ2n) is 5.42. The van der Waals surface area contributed by atoms with Crippen molar-refractivity contribution in [2.75, 3.05) is 5.43 Å². The van der Waals surface area contributed by atoms with Gasteiger partial charge in [-0.3, -0.25) is 4.79 Å². The number of hydrogen-bond acceptors (Lipinski definition) is 4. The molecule has 0 saturated heterocycles. The van der Waals surface area contributed by atoms with Gasteiger partial charge in [-0.1, -0.05) is 34.1 Å². The lowest BCUT2D eigenvalue weighted by Gasteiger charge is -2.31. The van der Waals surface area contributed by atoms with Gasteiger partial charge in [-0.15, -0.1) is 0 Å². The number of nitrogen functional groups attached to an aromatic ring is 1. The predicted molar refractivity (Wildman–Crippen MR) is 87.1 cm³/mol. The van der Waals surface area contributed by atoms with Crippen molar-refractivity contribution in [2.24, 2.45) is 5.84 Å². The van der Waals surface area contributed by atoms with Crippen molar-refractivity contribution >= 4 is 11.7 Å². The summed E-state index contributed by atoms with van der Waals surface area (Å²) in [6.45, 7) is 8.40. The van der Waals surface area contributed by atoms with Crippen LogP contribution in [0, 0.1) is 0 Å². The summed E-state index contributed by atoms with van der Waals surface area (Å²) in [6, 6.07) is 3.55. The van der Waals surface area contributed by atoms with E-state index in [1.165, 1.54) is 0 Å². The molecule has 5 heteroatoms. The molecule has 0 unspecified atom stereocenters. The summed E-state index contributed by atoms with van der Waals surface area (Å²) in [6.07, 6.45) is 4.56. The third kappa shape index (κ3) is 4.43. The Labute approximate surface area is 127 Å². The Balaban J connectivity index is 3.03. The van der Waals surface area contributed by atoms with Crippen molar-refractivity contribution in [3.8, 4) is 0 Å². The first-order chi connectivity index (χ1) is 10.0. The zero-order valence-electron chi connectivity index (χ0n) is 13.6. The minimum absolute atomic E-state index is 0.0585. The van der Waals surface area contributed by atoms with E-state index in [1.807, 2.05) is 6.07 Å². The van der Waals surface area contributed by atoms with E-state index in [4.69, 9.17) is 5.84 Å². The minimum Gasteiger partial charge on any atom is -0.347 e. The van der Waals surface area contributed by atoms with Crippen LogP contribution in [0.4, 0.5) is 5.82 Å². The van der Waals surface area contributed by atoms with E-state index in [2.05, 4.69) is 43.4 Å². The van der Waals surface area contributed by atoms with Crippen LogP contribution in [0.15, 0.2) is 12.1 Å². The van der Waals surface area contributed by atoms with Crippen molar-refractivity contribution in [1.82, 2.24) is 10.3 Å². The van der Waals surface area contributed by atoms with Crippen LogP contribution >= 0.6 is 0 Å². The van der Waals surface area contributed by atoms with E-state index in [1.54, 1.807) is 6.07 Å². The zero-order chi connectivity index (χ0) is 15.9. The molecule has 0 bridgehead atoms. The second-order valence-corrected chi connectivity index (χ2v) is 5.42. The Morgan fingerprint density at radius 3 is 2.29 bits per heavy atom. The summed E-state index contributed by atoms with van der Waals surface area (Å²) in [5.41, 5.74) is 3.89. The highest BCUT2D eigenvalue weighted by atomic mass is 16.1. The maximum atomic E-state index is 12.6. The molecule has 1 aromatic heterocycles. The van der Waals surface area contributed by atoms with Gasteiger partial charge in [0.15, 0.2) is 0 Å². The van der Waals surface area contributed by atoms with Crippen molar-refractivity contribution < 1.29 is 4.79 Å². The fourth-order valence-electron chi connectivity index (χ4n) is 2.51. The van der Waals surface area contributed by atoms with Crippen LogP contribution < -0.4 is 16.6 Å². The maximum Gasteiger partial charge on any atom is 0.251 e. The lowest BCUT2D eigenvalue weighted by molar-refractivity contribution is 0.0888. The molecule has 0 aliphatic carbocycles. The van der Waals surface area contributed by atoms with Crippen molar-refractivity contribution in [3.05, 3.63) is 23.4 Å². The van der Waals surface area contributed by atoms with Gasteiger partial charge in [-0.25, -0.2) is 10.8 Å². The predicted octanol–water partition coefficient (Wildman–Crippen LogP) is 3.02. The van der Waals surface area contributed by atoms with E-state index >= 15 is 0 Å². The number of rotatable bonds is 8. The monoisotopic (exact) mass is 292 g/mol. The fourth-order valence-corrected chi connectivity index (χ4v) is 2.51. The largest absolute Gasteiger partial charge is 0.347 e. The van der Waals surface area contributed by atoms with Gasteiger partial charge in [0.25, 0.3) is 5.91 Å². The van der Waals surface area contributed by atoms with Gasteiger partial charge in [-0.05, 0) is 37.8 Å². The first-order valence-corrected chi connectivity index (χ1v) is 7.84. The number of aromatic nitrogens is 1. The molecule has 1 heterocycles. The highest BCUT2D eigenvalue weighted by Crippen LogP contribution is 2.21. The zero-order valence-corrected chi connectivity index (χ0v) is 13.6. The molecule has 0 aromatic carbocycles. The minimum atomic E-state index is -0.137. The number of amides is 1. The molecule has 0 fully saturated rings. The molecule has 0 aliphatic rings. The molecule has 1 amide bonds. The van der Waals surface area contributed by atoms with Crippen molar-refractivity contribution in [1.29, 1.82) is 0 Å². The molecule has 5 nitrogen and oxygen atoms in total. The molecule has 1 rings (SSSR count). The first kappa shape index (κ1) is 17.4. The number of hydrogen-bond donors (Lipinski definition) is 3. The number of nitrogens with zero attached hydrogens (tertiary/aromatic N) is 1. The number of nitrogens with one attached hydrogen (secondary N) is 2. The molecule has 0 aliphatic heterocycles. The summed E-state index contributed by atoms with van der Waals surface area (Å²) >= 11 is 0. The fraction of sp³-hybridized carbons (Fsp3) is 0.625. The lowest BCUT2D eigenvalue weighted by Crippen LogP contribution is -2.47. The van der Waals surface area contributed by atoms with Gasteiger partial charge in [0.1, 0.15) is 5.82 Å². The van der Waals surface area contributed by atoms with E-state index in [9.17, 15) is 4.79 Å². The molecule has 0 spiro atoms. The summed E-state index contributed by atoms with van der Waals surface area (Å²) in [4.78, 5) is 16.9. The molecule has 0 atom stereocenters. The summed E-state index contributed by atoms with van der Waals surface area (Å²) < 4.78 is 0. The Bertz CT molecular complexity index is 461. The van der Waals surface area contributed by atoms with Crippen LogP contribution in [0.3, 0.4) is 0 Å². The molecular weight excluding hydrogens is 264 g/mol. The topological polar surface area (TPSA) is 80.0 Å². The molecule has 118 valence electrons. The Hall–Kier alpha value is -1.62. The smallest absolute Gasteiger partial charge is 0.251 e. The van der Waals surface area contributed by atoms with Gasteiger partial charge < -0.3 is 10.7 Å². The van der Waals surface area contributed by atoms with E-state index < -0.39 is 0 Å². The molecule has 0 saturated carbocycles. The average Bonchev–Trinajstić information content (AvgIpc) is 2.52. The summed E-state index contributed by atoms with van der Waals surface area (Å²) in [7, 11) is 0. The quantitative estimate of drug-likeness (QED) is 0.508. The van der Waals surface area contributed by atoms with Gasteiger partial charge in [-0.2, -0.15) is 0 Å². The Morgan fingerprint density at radius 1 is 1.19 bits per heavy atom. The standard InChI is InChI=1S/C16H28N4O/c1-5-9-13-10-12(11-14(18-13)20-17)15(21)19-16(6-2,7-3)8-4/h10-11H,5-9,17H2,1-4H3,(H,18,20)(H,19,21). The molecule has 21 heavy (non-hydrogen) atoms. The second kappa shape index (κ2) is 7.98. The summed E-state index contributed by atoms with van der Waals surface area (Å²) in [5.74, 6) is 5.92. The van der Waals surface area contributed by atoms with Crippen LogP contribution in [-0.2, 0) is 6.42 Å². The molecule has 0 radical (unpaired) electrons. The number of nitrogens with two attached hydrogens (primary N) is 1. The highest BCUT2D eigenvalue weighted by molar-refractivity contribution is 5.95. The number of hydrazine groups is 1. The Morgan fingerprint density at radius 2 is 1.81 bits per heavy atom. The van der Waals surface area contributed by atoms with Gasteiger partial charge in [0, 0.05) is 16.8 Å². The third-order valence-electron chi connectivity index (χ3n) is 4.20. The van der Waals surface area contributed by atoms with Crippen molar-refractivity contribution in [2.45, 2.75) is 65.3 Å². The molecule has 4 N–H and O–H groups in total. The van der Waals surface area contributed by atoms with Gasteiger partial charge in [0.2, 0.25) is 0 Å². The van der Waals surface area contributed by atoms with Crippen LogP contribution in [0.2, 0.25) is 0 Å². The maximum absolute atomic E-state index is 12.6. The van der Waals surface area contributed by atoms with E-state index in [0.29, 0.717) is 11.4 Å². The Kier molecular flexibility index (Phi) is 6.62. The normalized spacial score (nSPS) is 11.3. The first-order valence-electron chi connectivity index (χ1n) is 7.84. The SMILES string of the molecule is CCCc1cc(C(=O)NC(CC)(CC)CC)cc(NN)n1. The highest BCUT2D eigenvalue weighted by Gasteiger charge is 2.26. The third-order valence-corrected chi connectivity index (χ3v) is 4.20. The lowest BCUT2D eigenvalue weighted by atomic mass is 9.89. The van der Waals surface area contributed by atoms with Crippen LogP contribution in [0.5, 0.6) is 0 Å². The van der Waals surface area contributed by atoms with Crippen LogP contribution in [0.25, 0.3) is 0 Å². The number of pyridine rings is 1. The number of aryl methyl sites for hydroxylation is 1. The van der Waals surface area contributed by atoms with Crippen molar-refractivity contribution in [3.63, 3.8) is 0 Å². The van der Waals surface area contributed by atoms with Gasteiger partial charge >= 0.3 is 0 Å². The number of carbonyl (C=O) groups excluding carboxylic acids is 1. The number of anilines is 1. The average molecular weight is 292 g/mol. The van der Waals surface area contributed by atoms with Gasteiger partial charge in [0.05, 0.1) is 0 Å². The van der Waals surface area contributed by atoms with E-state index in [0.717, 1.165) is 37.8 Å². The molecular formula is C16H28N4O. The van der Waals surface area contributed by atoms with Crippen LogP contribution in [0.1, 0.15) is 69.4 Å². The molecule has 1 aromatic rings.